The fraction of sp³-hybridized carbons (Fsp3) is 0.286. The van der Waals surface area contributed by atoms with Gasteiger partial charge in [-0.3, -0.25) is 14.7 Å². The molecular weight excluding hydrogens is 412 g/mol. The summed E-state index contributed by atoms with van der Waals surface area (Å²) in [5.74, 6) is 0.839. The van der Waals surface area contributed by atoms with Crippen molar-refractivity contribution in [3.05, 3.63) is 94.0 Å². The van der Waals surface area contributed by atoms with Crippen LogP contribution in [0, 0.1) is 13.8 Å². The quantitative estimate of drug-likeness (QED) is 0.524. The molecule has 0 radical (unpaired) electrons. The van der Waals surface area contributed by atoms with E-state index in [0.717, 1.165) is 42.5 Å². The third-order valence-electron chi connectivity index (χ3n) is 6.74. The summed E-state index contributed by atoms with van der Waals surface area (Å²) in [6.45, 7) is 5.29. The maximum absolute atomic E-state index is 13.3. The van der Waals surface area contributed by atoms with Crippen molar-refractivity contribution < 1.29 is 14.6 Å². The number of carbonyl (C=O) groups is 1. The molecule has 0 saturated carbocycles. The molecule has 5 rings (SSSR count). The molecule has 2 aliphatic rings. The molecule has 168 valence electrons. The number of phenolic OH excluding ortho intramolecular Hbond substituents is 1. The highest BCUT2D eigenvalue weighted by atomic mass is 16.5. The lowest BCUT2D eigenvalue weighted by molar-refractivity contribution is 0.101. The monoisotopic (exact) mass is 440 g/mol. The van der Waals surface area contributed by atoms with Gasteiger partial charge < -0.3 is 9.84 Å². The maximum Gasteiger partial charge on any atom is 0.232 e. The van der Waals surface area contributed by atoms with Gasteiger partial charge in [0.1, 0.15) is 11.5 Å². The van der Waals surface area contributed by atoms with Gasteiger partial charge in [0.2, 0.25) is 5.78 Å². The number of pyridine rings is 1. The molecule has 2 aromatic carbocycles. The highest BCUT2D eigenvalue weighted by Crippen LogP contribution is 2.44. The SMILES string of the molecule is Cc1ccccc1/C=C1\Oc2c(CN3CCCC[C@H]3c3cccnc3)c(O)cc(C)c2C1=O. The first-order valence-electron chi connectivity index (χ1n) is 11.5. The van der Waals surface area contributed by atoms with Gasteiger partial charge >= 0.3 is 0 Å². The van der Waals surface area contributed by atoms with Crippen molar-refractivity contribution in [2.75, 3.05) is 6.54 Å². The van der Waals surface area contributed by atoms with Crippen LogP contribution in [0.3, 0.4) is 0 Å². The van der Waals surface area contributed by atoms with E-state index in [9.17, 15) is 9.90 Å². The second-order valence-corrected chi connectivity index (χ2v) is 8.96. The smallest absolute Gasteiger partial charge is 0.232 e. The fourth-order valence-corrected chi connectivity index (χ4v) is 4.96. The Morgan fingerprint density at radius 3 is 2.79 bits per heavy atom. The molecule has 0 aliphatic carbocycles. The number of benzene rings is 2. The molecular formula is C28H28N2O3. The molecule has 2 aliphatic heterocycles. The lowest BCUT2D eigenvalue weighted by atomic mass is 9.94. The van der Waals surface area contributed by atoms with Crippen LogP contribution in [0.4, 0.5) is 0 Å². The number of rotatable bonds is 4. The Hall–Kier alpha value is -3.44. The van der Waals surface area contributed by atoms with E-state index < -0.39 is 0 Å². The van der Waals surface area contributed by atoms with Gasteiger partial charge in [-0.2, -0.15) is 0 Å². The number of hydrogen-bond donors (Lipinski definition) is 1. The van der Waals surface area contributed by atoms with Crippen LogP contribution in [0.1, 0.15) is 63.5 Å². The van der Waals surface area contributed by atoms with Crippen LogP contribution in [-0.4, -0.2) is 27.3 Å². The first-order valence-corrected chi connectivity index (χ1v) is 11.5. The van der Waals surface area contributed by atoms with Crippen molar-refractivity contribution in [3.63, 3.8) is 0 Å². The second kappa shape index (κ2) is 8.83. The molecule has 1 fully saturated rings. The van der Waals surface area contributed by atoms with Gasteiger partial charge in [0.25, 0.3) is 0 Å². The highest BCUT2D eigenvalue weighted by Gasteiger charge is 2.35. The van der Waals surface area contributed by atoms with E-state index in [0.29, 0.717) is 29.2 Å². The van der Waals surface area contributed by atoms with Gasteiger partial charge in [-0.1, -0.05) is 36.8 Å². The Morgan fingerprint density at radius 1 is 1.15 bits per heavy atom. The van der Waals surface area contributed by atoms with Crippen molar-refractivity contribution in [2.45, 2.75) is 45.7 Å². The Bertz CT molecular complexity index is 1230. The summed E-state index contributed by atoms with van der Waals surface area (Å²) < 4.78 is 6.17. The molecule has 0 bridgehead atoms. The first kappa shape index (κ1) is 21.4. The Balaban J connectivity index is 1.51. The zero-order valence-electron chi connectivity index (χ0n) is 19.0. The largest absolute Gasteiger partial charge is 0.507 e. The minimum atomic E-state index is -0.130. The van der Waals surface area contributed by atoms with E-state index in [1.807, 2.05) is 50.4 Å². The summed E-state index contributed by atoms with van der Waals surface area (Å²) in [7, 11) is 0. The van der Waals surface area contributed by atoms with Crippen LogP contribution in [0.15, 0.2) is 60.6 Å². The lowest BCUT2D eigenvalue weighted by Crippen LogP contribution is -2.33. The van der Waals surface area contributed by atoms with E-state index in [1.54, 1.807) is 18.3 Å². The minimum Gasteiger partial charge on any atom is -0.507 e. The zero-order chi connectivity index (χ0) is 22.9. The predicted molar refractivity (Wildman–Crippen MR) is 128 cm³/mol. The second-order valence-electron chi connectivity index (χ2n) is 8.96. The Kier molecular flexibility index (Phi) is 5.73. The number of aryl methyl sites for hydroxylation is 2. The third-order valence-corrected chi connectivity index (χ3v) is 6.74. The number of hydrogen-bond acceptors (Lipinski definition) is 5. The van der Waals surface area contributed by atoms with Crippen molar-refractivity contribution in [3.8, 4) is 11.5 Å². The summed E-state index contributed by atoms with van der Waals surface area (Å²) in [4.78, 5) is 19.9. The standard InChI is InChI=1S/C28H28N2O3/c1-18-8-3-4-9-20(18)15-25-27(32)26-19(2)14-24(31)22(28(26)33-25)17-30-13-6-5-11-23(30)21-10-7-12-29-16-21/h3-4,7-10,12,14-16,23,31H,5-6,11,13,17H2,1-2H3/b25-15-/t23-/m0/s1. The molecule has 0 amide bonds. The normalized spacial score (nSPS) is 19.5. The number of Topliss-reactive ketones (excluding diaryl/α,β-unsaturated/α-hetero) is 1. The van der Waals surface area contributed by atoms with Gasteiger partial charge in [-0.05, 0) is 73.7 Å². The number of ketones is 1. The minimum absolute atomic E-state index is 0.130. The molecule has 0 unspecified atom stereocenters. The molecule has 5 heteroatoms. The van der Waals surface area contributed by atoms with E-state index in [-0.39, 0.29) is 17.6 Å². The summed E-state index contributed by atoms with van der Waals surface area (Å²) in [6.07, 6.45) is 8.81. The fourth-order valence-electron chi connectivity index (χ4n) is 4.96. The average molecular weight is 441 g/mol. The Morgan fingerprint density at radius 2 is 2.00 bits per heavy atom. The number of allylic oxidation sites excluding steroid dienone is 1. The predicted octanol–water partition coefficient (Wildman–Crippen LogP) is 5.75. The first-order chi connectivity index (χ1) is 16.0. The summed E-state index contributed by atoms with van der Waals surface area (Å²) in [5.41, 5.74) is 5.16. The molecule has 1 aromatic heterocycles. The van der Waals surface area contributed by atoms with Crippen LogP contribution in [0.25, 0.3) is 6.08 Å². The number of carbonyl (C=O) groups excluding carboxylic acids is 1. The molecule has 5 nitrogen and oxygen atoms in total. The number of likely N-dealkylation sites (tertiary alicyclic amines) is 1. The summed E-state index contributed by atoms with van der Waals surface area (Å²) in [5, 5.41) is 10.9. The summed E-state index contributed by atoms with van der Waals surface area (Å²) in [6, 6.07) is 13.9. The third kappa shape index (κ3) is 4.05. The average Bonchev–Trinajstić information content (AvgIpc) is 3.15. The molecule has 0 spiro atoms. The topological polar surface area (TPSA) is 62.7 Å². The van der Waals surface area contributed by atoms with Gasteiger partial charge in [0, 0.05) is 25.0 Å². The summed E-state index contributed by atoms with van der Waals surface area (Å²) >= 11 is 0. The highest BCUT2D eigenvalue weighted by molar-refractivity contribution is 6.16. The number of piperidine rings is 1. The van der Waals surface area contributed by atoms with E-state index in [2.05, 4.69) is 16.0 Å². The molecule has 33 heavy (non-hydrogen) atoms. The number of fused-ring (bicyclic) bond motifs is 1. The number of nitrogens with zero attached hydrogens (tertiary/aromatic N) is 2. The van der Waals surface area contributed by atoms with Gasteiger partial charge in [-0.15, -0.1) is 0 Å². The molecule has 1 atom stereocenters. The van der Waals surface area contributed by atoms with Crippen LogP contribution in [0.5, 0.6) is 11.5 Å². The number of aromatic nitrogens is 1. The van der Waals surface area contributed by atoms with Crippen molar-refractivity contribution in [1.82, 2.24) is 9.88 Å². The van der Waals surface area contributed by atoms with Crippen molar-refractivity contribution in [1.29, 1.82) is 0 Å². The van der Waals surface area contributed by atoms with Crippen LogP contribution in [-0.2, 0) is 6.54 Å². The maximum atomic E-state index is 13.3. The molecule has 3 aromatic rings. The number of phenols is 1. The van der Waals surface area contributed by atoms with Crippen molar-refractivity contribution >= 4 is 11.9 Å². The van der Waals surface area contributed by atoms with Crippen molar-refractivity contribution in [2.24, 2.45) is 0 Å². The lowest BCUT2D eigenvalue weighted by Gasteiger charge is -2.36. The van der Waals surface area contributed by atoms with Crippen LogP contribution in [0.2, 0.25) is 0 Å². The van der Waals surface area contributed by atoms with E-state index in [4.69, 9.17) is 4.74 Å². The molecule has 1 saturated heterocycles. The molecule has 3 heterocycles. The van der Waals surface area contributed by atoms with Crippen LogP contribution >= 0.6 is 0 Å². The number of ether oxygens (including phenoxy) is 1. The van der Waals surface area contributed by atoms with Crippen LogP contribution < -0.4 is 4.74 Å². The zero-order valence-corrected chi connectivity index (χ0v) is 19.0. The van der Waals surface area contributed by atoms with Gasteiger partial charge in [0.05, 0.1) is 11.1 Å². The van der Waals surface area contributed by atoms with Gasteiger partial charge in [-0.25, -0.2) is 0 Å². The van der Waals surface area contributed by atoms with E-state index in [1.165, 1.54) is 5.56 Å². The molecule has 1 N–H and O–H groups in total. The van der Waals surface area contributed by atoms with Gasteiger partial charge in [0.15, 0.2) is 5.76 Å². The van der Waals surface area contributed by atoms with E-state index >= 15 is 0 Å². The Labute approximate surface area is 194 Å². The number of aromatic hydroxyl groups is 1.